The number of nitrogens with two attached hydrogens (primary N) is 1. The van der Waals surface area contributed by atoms with Gasteiger partial charge in [-0.05, 0) is 24.8 Å². The minimum Gasteiger partial charge on any atom is -0.383 e. The zero-order valence-corrected chi connectivity index (χ0v) is 8.93. The summed E-state index contributed by atoms with van der Waals surface area (Å²) >= 11 is 6.14. The lowest BCUT2D eigenvalue weighted by molar-refractivity contribution is 0.444. The Bertz CT molecular complexity index is 299. The minimum absolute atomic E-state index is 0.532. The highest BCUT2D eigenvalue weighted by atomic mass is 35.5. The van der Waals surface area contributed by atoms with Gasteiger partial charge in [-0.1, -0.05) is 30.9 Å². The smallest absolute Gasteiger partial charge is 0.128 e. The van der Waals surface area contributed by atoms with Crippen LogP contribution < -0.4 is 5.73 Å². The van der Waals surface area contributed by atoms with Crippen molar-refractivity contribution in [1.82, 2.24) is 4.98 Å². The molecule has 2 rings (SSSR count). The van der Waals surface area contributed by atoms with Crippen LogP contribution in [0.4, 0.5) is 5.82 Å². The summed E-state index contributed by atoms with van der Waals surface area (Å²) in [6.45, 7) is 0. The summed E-state index contributed by atoms with van der Waals surface area (Å²) in [4.78, 5) is 4.11. The van der Waals surface area contributed by atoms with E-state index in [1.807, 2.05) is 6.07 Å². The van der Waals surface area contributed by atoms with Crippen LogP contribution in [0.2, 0.25) is 5.02 Å². The second-order valence-electron chi connectivity index (χ2n) is 3.93. The normalized spacial score (nSPS) is 18.4. The van der Waals surface area contributed by atoms with Crippen molar-refractivity contribution in [2.24, 2.45) is 0 Å². The zero-order chi connectivity index (χ0) is 9.97. The maximum Gasteiger partial charge on any atom is 0.128 e. The van der Waals surface area contributed by atoms with Crippen LogP contribution in [0.5, 0.6) is 0 Å². The van der Waals surface area contributed by atoms with Crippen LogP contribution in [0.3, 0.4) is 0 Å². The molecule has 1 saturated carbocycles. The molecule has 1 fully saturated rings. The van der Waals surface area contributed by atoms with Gasteiger partial charge in [-0.2, -0.15) is 0 Å². The Morgan fingerprint density at radius 3 is 2.64 bits per heavy atom. The fraction of sp³-hybridized carbons (Fsp3) is 0.545. The molecule has 0 unspecified atom stereocenters. The number of pyridine rings is 1. The summed E-state index contributed by atoms with van der Waals surface area (Å²) in [5.74, 6) is 1.15. The molecule has 1 aliphatic rings. The third-order valence-electron chi connectivity index (χ3n) is 2.98. The molecular weight excluding hydrogens is 196 g/mol. The van der Waals surface area contributed by atoms with E-state index in [2.05, 4.69) is 4.98 Å². The van der Waals surface area contributed by atoms with Crippen molar-refractivity contribution in [2.45, 2.75) is 38.0 Å². The summed E-state index contributed by atoms with van der Waals surface area (Å²) in [5, 5.41) is 0.782. The Labute approximate surface area is 89.5 Å². The van der Waals surface area contributed by atoms with E-state index >= 15 is 0 Å². The van der Waals surface area contributed by atoms with E-state index in [4.69, 9.17) is 17.3 Å². The second kappa shape index (κ2) is 4.18. The standard InChI is InChI=1S/C11H15ClN2/c12-9-6-7-14-11(13)10(9)8-4-2-1-3-5-8/h6-8H,1-5H2,(H2,13,14). The fourth-order valence-electron chi connectivity index (χ4n) is 2.26. The monoisotopic (exact) mass is 210 g/mol. The van der Waals surface area contributed by atoms with Crippen molar-refractivity contribution in [2.75, 3.05) is 5.73 Å². The zero-order valence-electron chi connectivity index (χ0n) is 8.17. The lowest BCUT2D eigenvalue weighted by atomic mass is 9.84. The molecular formula is C11H15ClN2. The molecule has 1 aromatic heterocycles. The third-order valence-corrected chi connectivity index (χ3v) is 3.31. The van der Waals surface area contributed by atoms with Gasteiger partial charge >= 0.3 is 0 Å². The first-order valence-corrected chi connectivity index (χ1v) is 5.56. The van der Waals surface area contributed by atoms with Crippen LogP contribution in [0.15, 0.2) is 12.3 Å². The highest BCUT2D eigenvalue weighted by Crippen LogP contribution is 2.38. The number of rotatable bonds is 1. The molecule has 0 radical (unpaired) electrons. The molecule has 0 amide bonds. The number of anilines is 1. The van der Waals surface area contributed by atoms with Crippen LogP contribution in [-0.4, -0.2) is 4.98 Å². The molecule has 3 heteroatoms. The Morgan fingerprint density at radius 1 is 1.29 bits per heavy atom. The third kappa shape index (κ3) is 1.85. The molecule has 0 saturated heterocycles. The van der Waals surface area contributed by atoms with Gasteiger partial charge in [-0.25, -0.2) is 4.98 Å². The van der Waals surface area contributed by atoms with E-state index in [-0.39, 0.29) is 0 Å². The molecule has 0 bridgehead atoms. The molecule has 76 valence electrons. The SMILES string of the molecule is Nc1nccc(Cl)c1C1CCCCC1. The first kappa shape index (κ1) is 9.78. The van der Waals surface area contributed by atoms with Gasteiger partial charge in [0.25, 0.3) is 0 Å². The Hall–Kier alpha value is -0.760. The summed E-state index contributed by atoms with van der Waals surface area (Å²) in [7, 11) is 0. The fourth-order valence-corrected chi connectivity index (χ4v) is 2.57. The van der Waals surface area contributed by atoms with Gasteiger partial charge in [0.2, 0.25) is 0 Å². The van der Waals surface area contributed by atoms with Gasteiger partial charge in [0.1, 0.15) is 5.82 Å². The summed E-state index contributed by atoms with van der Waals surface area (Å²) < 4.78 is 0. The number of aromatic nitrogens is 1. The van der Waals surface area contributed by atoms with Crippen LogP contribution in [0.1, 0.15) is 43.6 Å². The average molecular weight is 211 g/mol. The van der Waals surface area contributed by atoms with Gasteiger partial charge < -0.3 is 5.73 Å². The molecule has 1 aromatic rings. The highest BCUT2D eigenvalue weighted by Gasteiger charge is 2.20. The maximum atomic E-state index is 6.14. The molecule has 1 heterocycles. The Morgan fingerprint density at radius 2 is 2.00 bits per heavy atom. The maximum absolute atomic E-state index is 6.14. The van der Waals surface area contributed by atoms with Crippen LogP contribution in [-0.2, 0) is 0 Å². The van der Waals surface area contributed by atoms with Crippen LogP contribution in [0, 0.1) is 0 Å². The molecule has 2 nitrogen and oxygen atoms in total. The van der Waals surface area contributed by atoms with Crippen LogP contribution in [0.25, 0.3) is 0 Å². The average Bonchev–Trinajstić information content (AvgIpc) is 2.19. The molecule has 0 aromatic carbocycles. The predicted octanol–water partition coefficient (Wildman–Crippen LogP) is 3.36. The van der Waals surface area contributed by atoms with Gasteiger partial charge in [-0.3, -0.25) is 0 Å². The molecule has 0 spiro atoms. The van der Waals surface area contributed by atoms with E-state index in [1.165, 1.54) is 32.1 Å². The van der Waals surface area contributed by atoms with Crippen LogP contribution >= 0.6 is 11.6 Å². The second-order valence-corrected chi connectivity index (χ2v) is 4.33. The van der Waals surface area contributed by atoms with Crippen molar-refractivity contribution in [1.29, 1.82) is 0 Å². The van der Waals surface area contributed by atoms with Crippen molar-refractivity contribution < 1.29 is 0 Å². The van der Waals surface area contributed by atoms with Gasteiger partial charge in [0, 0.05) is 16.8 Å². The topological polar surface area (TPSA) is 38.9 Å². The molecule has 14 heavy (non-hydrogen) atoms. The first-order valence-electron chi connectivity index (χ1n) is 5.19. The largest absolute Gasteiger partial charge is 0.383 e. The summed E-state index contributed by atoms with van der Waals surface area (Å²) in [5.41, 5.74) is 6.93. The van der Waals surface area contributed by atoms with Crippen molar-refractivity contribution >= 4 is 17.4 Å². The molecule has 0 aliphatic heterocycles. The van der Waals surface area contributed by atoms with Crippen molar-refractivity contribution in [3.63, 3.8) is 0 Å². The van der Waals surface area contributed by atoms with E-state index in [0.717, 1.165) is 10.6 Å². The molecule has 2 N–H and O–H groups in total. The van der Waals surface area contributed by atoms with Gasteiger partial charge in [-0.15, -0.1) is 0 Å². The van der Waals surface area contributed by atoms with Crippen molar-refractivity contribution in [3.8, 4) is 0 Å². The number of hydrogen-bond acceptors (Lipinski definition) is 2. The minimum atomic E-state index is 0.532. The number of halogens is 1. The Kier molecular flexibility index (Phi) is 2.92. The van der Waals surface area contributed by atoms with Gasteiger partial charge in [0.15, 0.2) is 0 Å². The Balaban J connectivity index is 2.29. The van der Waals surface area contributed by atoms with E-state index in [1.54, 1.807) is 6.20 Å². The van der Waals surface area contributed by atoms with Gasteiger partial charge in [0.05, 0.1) is 0 Å². The number of hydrogen-bond donors (Lipinski definition) is 1. The quantitative estimate of drug-likeness (QED) is 0.772. The molecule has 0 atom stereocenters. The van der Waals surface area contributed by atoms with E-state index < -0.39 is 0 Å². The molecule has 1 aliphatic carbocycles. The first-order chi connectivity index (χ1) is 6.79. The number of nitrogens with zero attached hydrogens (tertiary/aromatic N) is 1. The lowest BCUT2D eigenvalue weighted by Crippen LogP contribution is -2.09. The van der Waals surface area contributed by atoms with Crippen molar-refractivity contribution in [3.05, 3.63) is 22.8 Å². The lowest BCUT2D eigenvalue weighted by Gasteiger charge is -2.23. The van der Waals surface area contributed by atoms with E-state index in [0.29, 0.717) is 11.7 Å². The number of nitrogen functional groups attached to an aromatic ring is 1. The summed E-state index contributed by atoms with van der Waals surface area (Å²) in [6, 6.07) is 1.84. The predicted molar refractivity (Wildman–Crippen MR) is 59.5 cm³/mol. The summed E-state index contributed by atoms with van der Waals surface area (Å²) in [6.07, 6.45) is 7.99. The highest BCUT2D eigenvalue weighted by molar-refractivity contribution is 6.31. The van der Waals surface area contributed by atoms with E-state index in [9.17, 15) is 0 Å².